The second kappa shape index (κ2) is 4.17. The highest BCUT2D eigenvalue weighted by Gasteiger charge is 2.19. The van der Waals surface area contributed by atoms with Gasteiger partial charge in [0.05, 0.1) is 5.60 Å². The van der Waals surface area contributed by atoms with Crippen molar-refractivity contribution in [3.63, 3.8) is 0 Å². The van der Waals surface area contributed by atoms with E-state index in [0.717, 1.165) is 0 Å². The molecule has 1 nitrogen and oxygen atoms in total. The van der Waals surface area contributed by atoms with Crippen molar-refractivity contribution < 1.29 is 9.50 Å². The lowest BCUT2D eigenvalue weighted by molar-refractivity contribution is 0.0782. The predicted octanol–water partition coefficient (Wildman–Crippen LogP) is 3.64. The molecular formula is C14H21FO. The van der Waals surface area contributed by atoms with E-state index in [1.165, 1.54) is 6.07 Å². The van der Waals surface area contributed by atoms with Crippen molar-refractivity contribution in [2.24, 2.45) is 5.41 Å². The first-order chi connectivity index (χ1) is 7.09. The monoisotopic (exact) mass is 224 g/mol. The molecule has 0 fully saturated rings. The Morgan fingerprint density at radius 2 is 1.69 bits per heavy atom. The van der Waals surface area contributed by atoms with Crippen molar-refractivity contribution in [3.8, 4) is 0 Å². The number of hydrogen-bond donors (Lipinski definition) is 1. The molecule has 0 radical (unpaired) electrons. The number of benzene rings is 1. The van der Waals surface area contributed by atoms with Crippen LogP contribution in [0, 0.1) is 11.2 Å². The van der Waals surface area contributed by atoms with Crippen molar-refractivity contribution >= 4 is 0 Å². The topological polar surface area (TPSA) is 20.2 Å². The zero-order valence-corrected chi connectivity index (χ0v) is 10.8. The van der Waals surface area contributed by atoms with Crippen molar-refractivity contribution in [1.82, 2.24) is 0 Å². The van der Waals surface area contributed by atoms with E-state index < -0.39 is 5.60 Å². The largest absolute Gasteiger partial charge is 0.386 e. The Morgan fingerprint density at radius 1 is 1.12 bits per heavy atom. The molecule has 90 valence electrons. The fraction of sp³-hybridized carbons (Fsp3) is 0.571. The first-order valence-electron chi connectivity index (χ1n) is 5.61. The molecule has 0 spiro atoms. The molecule has 0 atom stereocenters. The smallest absolute Gasteiger partial charge is 0.126 e. The molecular weight excluding hydrogens is 203 g/mol. The number of rotatable bonds is 2. The zero-order valence-electron chi connectivity index (χ0n) is 10.8. The van der Waals surface area contributed by atoms with Crippen LogP contribution >= 0.6 is 0 Å². The third kappa shape index (κ3) is 3.60. The second-order valence-corrected chi connectivity index (χ2v) is 6.10. The molecule has 16 heavy (non-hydrogen) atoms. The molecule has 2 heteroatoms. The zero-order chi connectivity index (χ0) is 12.6. The Balaban J connectivity index is 3.01. The van der Waals surface area contributed by atoms with E-state index in [2.05, 4.69) is 20.8 Å². The third-order valence-electron chi connectivity index (χ3n) is 2.48. The lowest BCUT2D eigenvalue weighted by Gasteiger charge is -2.21. The number of aliphatic hydroxyl groups is 1. The molecule has 0 bridgehead atoms. The van der Waals surface area contributed by atoms with Crippen LogP contribution in [0.4, 0.5) is 4.39 Å². The van der Waals surface area contributed by atoms with Crippen LogP contribution in [0.1, 0.15) is 45.7 Å². The normalized spacial score (nSPS) is 12.9. The standard InChI is InChI=1S/C14H21FO/c1-13(2,3)9-10-6-7-11(8-12(10)15)14(4,5)16/h6-8,16H,9H2,1-5H3. The Bertz CT molecular complexity index is 369. The van der Waals surface area contributed by atoms with Gasteiger partial charge in [-0.3, -0.25) is 0 Å². The van der Waals surface area contributed by atoms with Gasteiger partial charge in [-0.05, 0) is 42.9 Å². The molecule has 0 aliphatic carbocycles. The second-order valence-electron chi connectivity index (χ2n) is 6.10. The minimum atomic E-state index is -0.985. The summed E-state index contributed by atoms with van der Waals surface area (Å²) in [5.74, 6) is -0.227. The van der Waals surface area contributed by atoms with Gasteiger partial charge in [0.25, 0.3) is 0 Å². The van der Waals surface area contributed by atoms with Crippen LogP contribution in [-0.4, -0.2) is 5.11 Å². The molecule has 0 aromatic heterocycles. The highest BCUT2D eigenvalue weighted by atomic mass is 19.1. The minimum Gasteiger partial charge on any atom is -0.386 e. The number of halogens is 1. The Labute approximate surface area is 97.3 Å². The van der Waals surface area contributed by atoms with Gasteiger partial charge in [0.2, 0.25) is 0 Å². The molecule has 1 N–H and O–H groups in total. The molecule has 1 aromatic rings. The highest BCUT2D eigenvalue weighted by molar-refractivity contribution is 5.28. The number of hydrogen-bond acceptors (Lipinski definition) is 1. The highest BCUT2D eigenvalue weighted by Crippen LogP contribution is 2.26. The average molecular weight is 224 g/mol. The van der Waals surface area contributed by atoms with Crippen LogP contribution in [0.25, 0.3) is 0 Å². The molecule has 0 saturated heterocycles. The maximum Gasteiger partial charge on any atom is 0.126 e. The third-order valence-corrected chi connectivity index (χ3v) is 2.48. The molecule has 1 aromatic carbocycles. The fourth-order valence-electron chi connectivity index (χ4n) is 1.64. The Morgan fingerprint density at radius 3 is 2.06 bits per heavy atom. The lowest BCUT2D eigenvalue weighted by atomic mass is 9.86. The SMILES string of the molecule is CC(C)(C)Cc1ccc(C(C)(C)O)cc1F. The van der Waals surface area contributed by atoms with Gasteiger partial charge in [-0.2, -0.15) is 0 Å². The molecule has 0 aliphatic rings. The summed E-state index contributed by atoms with van der Waals surface area (Å²) in [7, 11) is 0. The van der Waals surface area contributed by atoms with Gasteiger partial charge in [0.15, 0.2) is 0 Å². The van der Waals surface area contributed by atoms with Crippen molar-refractivity contribution in [1.29, 1.82) is 0 Å². The molecule has 0 saturated carbocycles. The first kappa shape index (κ1) is 13.2. The molecule has 0 aliphatic heterocycles. The fourth-order valence-corrected chi connectivity index (χ4v) is 1.64. The van der Waals surface area contributed by atoms with Crippen molar-refractivity contribution in [2.75, 3.05) is 0 Å². The van der Waals surface area contributed by atoms with E-state index in [9.17, 15) is 9.50 Å². The predicted molar refractivity (Wildman–Crippen MR) is 64.8 cm³/mol. The van der Waals surface area contributed by atoms with Gasteiger partial charge in [0, 0.05) is 0 Å². The minimum absolute atomic E-state index is 0.0666. The van der Waals surface area contributed by atoms with Gasteiger partial charge in [-0.1, -0.05) is 32.9 Å². The van der Waals surface area contributed by atoms with Gasteiger partial charge in [-0.15, -0.1) is 0 Å². The molecule has 0 unspecified atom stereocenters. The van der Waals surface area contributed by atoms with Crippen molar-refractivity contribution in [3.05, 3.63) is 35.1 Å². The van der Waals surface area contributed by atoms with Crippen LogP contribution in [0.5, 0.6) is 0 Å². The summed E-state index contributed by atoms with van der Waals surface area (Å²) >= 11 is 0. The van der Waals surface area contributed by atoms with E-state index in [-0.39, 0.29) is 11.2 Å². The van der Waals surface area contributed by atoms with E-state index in [0.29, 0.717) is 17.5 Å². The first-order valence-corrected chi connectivity index (χ1v) is 5.61. The summed E-state index contributed by atoms with van der Waals surface area (Å²) in [5, 5.41) is 9.77. The molecule has 0 amide bonds. The Hall–Kier alpha value is -0.890. The van der Waals surface area contributed by atoms with Crippen LogP contribution in [-0.2, 0) is 12.0 Å². The maximum atomic E-state index is 13.8. The van der Waals surface area contributed by atoms with Crippen LogP contribution in [0.15, 0.2) is 18.2 Å². The van der Waals surface area contributed by atoms with E-state index >= 15 is 0 Å². The van der Waals surface area contributed by atoms with Crippen LogP contribution < -0.4 is 0 Å². The molecule has 0 heterocycles. The summed E-state index contributed by atoms with van der Waals surface area (Å²) < 4.78 is 13.8. The van der Waals surface area contributed by atoms with Crippen LogP contribution in [0.3, 0.4) is 0 Å². The Kier molecular flexibility index (Phi) is 3.44. The average Bonchev–Trinajstić information content (AvgIpc) is 2.04. The molecule has 1 rings (SSSR count). The maximum absolute atomic E-state index is 13.8. The van der Waals surface area contributed by atoms with Gasteiger partial charge in [-0.25, -0.2) is 4.39 Å². The quantitative estimate of drug-likeness (QED) is 0.813. The summed E-state index contributed by atoms with van der Waals surface area (Å²) in [5.41, 5.74) is 0.404. The summed E-state index contributed by atoms with van der Waals surface area (Å²) in [4.78, 5) is 0. The van der Waals surface area contributed by atoms with E-state index in [1.807, 2.05) is 0 Å². The van der Waals surface area contributed by atoms with Gasteiger partial charge >= 0.3 is 0 Å². The van der Waals surface area contributed by atoms with E-state index in [1.54, 1.807) is 26.0 Å². The van der Waals surface area contributed by atoms with Crippen molar-refractivity contribution in [2.45, 2.75) is 46.6 Å². The summed E-state index contributed by atoms with van der Waals surface area (Å²) in [6.45, 7) is 9.55. The van der Waals surface area contributed by atoms with Gasteiger partial charge < -0.3 is 5.11 Å². The summed E-state index contributed by atoms with van der Waals surface area (Å²) in [6, 6.07) is 5.00. The summed E-state index contributed by atoms with van der Waals surface area (Å²) in [6.07, 6.45) is 0.699. The van der Waals surface area contributed by atoms with Gasteiger partial charge in [0.1, 0.15) is 5.82 Å². The van der Waals surface area contributed by atoms with Crippen LogP contribution in [0.2, 0.25) is 0 Å². The van der Waals surface area contributed by atoms with E-state index in [4.69, 9.17) is 0 Å². The lowest BCUT2D eigenvalue weighted by Crippen LogP contribution is -2.17.